The summed E-state index contributed by atoms with van der Waals surface area (Å²) >= 11 is 1.53. The van der Waals surface area contributed by atoms with Crippen molar-refractivity contribution in [1.29, 1.82) is 0 Å². The summed E-state index contributed by atoms with van der Waals surface area (Å²) in [4.78, 5) is 4.52. The van der Waals surface area contributed by atoms with E-state index in [4.69, 9.17) is 4.74 Å². The standard InChI is InChI=1S/C18H24F3N3OS/c1-12-15(2-3-16(22-12)18(19,20)21)26-24-10-17(11-24)8-14(9-17)23-13-4-6-25-7-5-13/h2-3,13-14,23H,4-11H2,1H3. The highest BCUT2D eigenvalue weighted by Gasteiger charge is 2.52. The molecule has 2 saturated heterocycles. The third kappa shape index (κ3) is 3.88. The molecule has 3 aliphatic rings. The average Bonchev–Trinajstić information content (AvgIpc) is 2.52. The SMILES string of the molecule is Cc1nc(C(F)(F)F)ccc1SN1CC2(CC(NC3CCOCC3)C2)C1. The summed E-state index contributed by atoms with van der Waals surface area (Å²) in [6.07, 6.45) is 0.224. The van der Waals surface area contributed by atoms with E-state index >= 15 is 0 Å². The molecule has 1 aromatic heterocycles. The summed E-state index contributed by atoms with van der Waals surface area (Å²) in [5.41, 5.74) is 0.0298. The van der Waals surface area contributed by atoms with E-state index in [-0.39, 0.29) is 0 Å². The summed E-state index contributed by atoms with van der Waals surface area (Å²) in [5.74, 6) is 0. The van der Waals surface area contributed by atoms with Crippen molar-refractivity contribution >= 4 is 11.9 Å². The number of alkyl halides is 3. The molecule has 0 atom stereocenters. The highest BCUT2D eigenvalue weighted by molar-refractivity contribution is 7.97. The van der Waals surface area contributed by atoms with E-state index in [0.29, 0.717) is 23.2 Å². The van der Waals surface area contributed by atoms with Gasteiger partial charge in [-0.2, -0.15) is 13.2 Å². The summed E-state index contributed by atoms with van der Waals surface area (Å²) in [5, 5.41) is 3.75. The summed E-state index contributed by atoms with van der Waals surface area (Å²) in [6.45, 7) is 5.37. The van der Waals surface area contributed by atoms with Crippen LogP contribution in [0.4, 0.5) is 13.2 Å². The van der Waals surface area contributed by atoms with Gasteiger partial charge in [-0.15, -0.1) is 0 Å². The summed E-state index contributed by atoms with van der Waals surface area (Å²) in [6, 6.07) is 3.82. The molecule has 1 spiro atoms. The van der Waals surface area contributed by atoms with E-state index in [2.05, 4.69) is 14.6 Å². The second kappa shape index (κ2) is 6.96. The molecule has 8 heteroatoms. The molecular formula is C18H24F3N3OS. The maximum Gasteiger partial charge on any atom is 0.433 e. The van der Waals surface area contributed by atoms with Gasteiger partial charge in [0.15, 0.2) is 0 Å². The van der Waals surface area contributed by atoms with Crippen LogP contribution >= 0.6 is 11.9 Å². The largest absolute Gasteiger partial charge is 0.433 e. The first-order chi connectivity index (χ1) is 12.3. The van der Waals surface area contributed by atoms with Gasteiger partial charge in [-0.05, 0) is 56.7 Å². The molecule has 0 unspecified atom stereocenters. The van der Waals surface area contributed by atoms with Crippen LogP contribution in [-0.4, -0.2) is 47.7 Å². The zero-order chi connectivity index (χ0) is 18.4. The van der Waals surface area contributed by atoms with Crippen LogP contribution in [0.25, 0.3) is 0 Å². The number of rotatable bonds is 4. The number of ether oxygens (including phenoxy) is 1. The van der Waals surface area contributed by atoms with Crippen LogP contribution in [0.15, 0.2) is 17.0 Å². The second-order valence-electron chi connectivity index (χ2n) is 7.83. The molecule has 144 valence electrons. The normalized spacial score (nSPS) is 24.5. The lowest BCUT2D eigenvalue weighted by Crippen LogP contribution is -2.65. The van der Waals surface area contributed by atoms with Gasteiger partial charge in [-0.1, -0.05) is 0 Å². The molecule has 0 aromatic carbocycles. The Balaban J connectivity index is 1.23. The first-order valence-electron chi connectivity index (χ1n) is 9.15. The highest BCUT2D eigenvalue weighted by atomic mass is 32.2. The van der Waals surface area contributed by atoms with Crippen molar-refractivity contribution in [2.45, 2.75) is 55.8 Å². The maximum absolute atomic E-state index is 12.7. The Hall–Kier alpha value is -0.830. The van der Waals surface area contributed by atoms with Gasteiger partial charge >= 0.3 is 6.18 Å². The topological polar surface area (TPSA) is 37.4 Å². The highest BCUT2D eigenvalue weighted by Crippen LogP contribution is 2.51. The van der Waals surface area contributed by atoms with Crippen LogP contribution in [0.2, 0.25) is 0 Å². The van der Waals surface area contributed by atoms with Gasteiger partial charge in [-0.3, -0.25) is 0 Å². The number of pyridine rings is 1. The van der Waals surface area contributed by atoms with Gasteiger partial charge in [0.2, 0.25) is 0 Å². The first-order valence-corrected chi connectivity index (χ1v) is 9.92. The number of hydrogen-bond acceptors (Lipinski definition) is 5. The zero-order valence-corrected chi connectivity index (χ0v) is 15.6. The maximum atomic E-state index is 12.7. The lowest BCUT2D eigenvalue weighted by Gasteiger charge is -2.59. The fourth-order valence-electron chi connectivity index (χ4n) is 4.27. The Morgan fingerprint density at radius 1 is 1.19 bits per heavy atom. The number of nitrogens with one attached hydrogen (secondary N) is 1. The van der Waals surface area contributed by atoms with Crippen LogP contribution in [0, 0.1) is 12.3 Å². The van der Waals surface area contributed by atoms with Gasteiger partial charge in [0.1, 0.15) is 5.69 Å². The molecule has 3 heterocycles. The van der Waals surface area contributed by atoms with Crippen molar-refractivity contribution in [3.05, 3.63) is 23.5 Å². The minimum atomic E-state index is -4.38. The fourth-order valence-corrected chi connectivity index (χ4v) is 5.53. The Labute approximate surface area is 156 Å². The second-order valence-corrected chi connectivity index (χ2v) is 8.96. The van der Waals surface area contributed by atoms with Gasteiger partial charge in [0.05, 0.1) is 5.69 Å². The van der Waals surface area contributed by atoms with Crippen molar-refractivity contribution in [2.24, 2.45) is 5.41 Å². The van der Waals surface area contributed by atoms with Crippen molar-refractivity contribution in [1.82, 2.24) is 14.6 Å². The molecule has 1 aromatic rings. The van der Waals surface area contributed by atoms with E-state index in [1.807, 2.05) is 0 Å². The molecule has 1 aliphatic carbocycles. The summed E-state index contributed by atoms with van der Waals surface area (Å²) < 4.78 is 45.8. The molecule has 0 bridgehead atoms. The lowest BCUT2D eigenvalue weighted by atomic mass is 9.61. The van der Waals surface area contributed by atoms with Crippen LogP contribution in [0.5, 0.6) is 0 Å². The van der Waals surface area contributed by atoms with Crippen LogP contribution in [0.1, 0.15) is 37.1 Å². The van der Waals surface area contributed by atoms with Crippen molar-refractivity contribution in [3.63, 3.8) is 0 Å². The predicted octanol–water partition coefficient (Wildman–Crippen LogP) is 3.65. The Kier molecular flexibility index (Phi) is 4.96. The number of nitrogens with zero attached hydrogens (tertiary/aromatic N) is 2. The van der Waals surface area contributed by atoms with Gasteiger partial charge in [-0.25, -0.2) is 9.29 Å². The predicted molar refractivity (Wildman–Crippen MR) is 93.8 cm³/mol. The third-order valence-corrected chi connectivity index (χ3v) is 6.77. The zero-order valence-electron chi connectivity index (χ0n) is 14.8. The minimum Gasteiger partial charge on any atom is -0.381 e. The summed E-state index contributed by atoms with van der Waals surface area (Å²) in [7, 11) is 0. The number of aryl methyl sites for hydroxylation is 1. The lowest BCUT2D eigenvalue weighted by molar-refractivity contribution is -0.141. The third-order valence-electron chi connectivity index (χ3n) is 5.63. The molecule has 4 rings (SSSR count). The van der Waals surface area contributed by atoms with Crippen LogP contribution < -0.4 is 5.32 Å². The number of hydrogen-bond donors (Lipinski definition) is 1. The first kappa shape index (κ1) is 18.5. The van der Waals surface area contributed by atoms with Gasteiger partial charge in [0.25, 0.3) is 0 Å². The van der Waals surface area contributed by atoms with Crippen molar-refractivity contribution < 1.29 is 17.9 Å². The number of halogens is 3. The quantitative estimate of drug-likeness (QED) is 0.799. The number of aromatic nitrogens is 1. The molecule has 0 amide bonds. The molecule has 2 aliphatic heterocycles. The molecule has 4 nitrogen and oxygen atoms in total. The van der Waals surface area contributed by atoms with Crippen molar-refractivity contribution in [3.8, 4) is 0 Å². The average molecular weight is 387 g/mol. The fraction of sp³-hybridized carbons (Fsp3) is 0.722. The van der Waals surface area contributed by atoms with E-state index in [1.54, 1.807) is 6.92 Å². The molecular weight excluding hydrogens is 363 g/mol. The Bertz CT molecular complexity index is 650. The van der Waals surface area contributed by atoms with E-state index in [0.717, 1.165) is 50.1 Å². The van der Waals surface area contributed by atoms with Crippen LogP contribution in [-0.2, 0) is 10.9 Å². The molecule has 0 radical (unpaired) electrons. The van der Waals surface area contributed by atoms with Crippen LogP contribution in [0.3, 0.4) is 0 Å². The van der Waals surface area contributed by atoms with Gasteiger partial charge in [0, 0.05) is 48.7 Å². The monoisotopic (exact) mass is 387 g/mol. The van der Waals surface area contributed by atoms with Crippen molar-refractivity contribution in [2.75, 3.05) is 26.3 Å². The van der Waals surface area contributed by atoms with E-state index < -0.39 is 11.9 Å². The molecule has 3 fully saturated rings. The Morgan fingerprint density at radius 2 is 1.88 bits per heavy atom. The van der Waals surface area contributed by atoms with E-state index in [1.165, 1.54) is 30.9 Å². The molecule has 26 heavy (non-hydrogen) atoms. The Morgan fingerprint density at radius 3 is 2.50 bits per heavy atom. The minimum absolute atomic E-state index is 0.406. The molecule has 1 saturated carbocycles. The smallest absolute Gasteiger partial charge is 0.381 e. The van der Waals surface area contributed by atoms with Gasteiger partial charge < -0.3 is 10.1 Å². The molecule has 1 N–H and O–H groups in total. The van der Waals surface area contributed by atoms with E-state index in [9.17, 15) is 13.2 Å².